The molecule has 0 aliphatic heterocycles. The fourth-order valence-electron chi connectivity index (χ4n) is 1.65. The Morgan fingerprint density at radius 1 is 1.27 bits per heavy atom. The number of benzene rings is 1. The van der Waals surface area contributed by atoms with Crippen LogP contribution in [0.25, 0.3) is 5.69 Å². The lowest BCUT2D eigenvalue weighted by Crippen LogP contribution is -1.99. The first-order valence-electron chi connectivity index (χ1n) is 5.34. The van der Waals surface area contributed by atoms with Gasteiger partial charge in [0.2, 0.25) is 0 Å². The van der Waals surface area contributed by atoms with Crippen LogP contribution in [0.15, 0.2) is 36.9 Å². The minimum atomic E-state index is 1.10. The van der Waals surface area contributed by atoms with Crippen molar-refractivity contribution in [2.24, 2.45) is 0 Å². The van der Waals surface area contributed by atoms with Crippen molar-refractivity contribution >= 4 is 0 Å². The fourth-order valence-corrected chi connectivity index (χ4v) is 1.65. The fraction of sp³-hybridized carbons (Fsp3) is 0.333. The Morgan fingerprint density at radius 3 is 2.87 bits per heavy atom. The first-order valence-corrected chi connectivity index (χ1v) is 5.34. The van der Waals surface area contributed by atoms with Crippen molar-refractivity contribution in [3.05, 3.63) is 42.5 Å². The lowest BCUT2D eigenvalue weighted by Gasteiger charge is -2.07. The number of nitrogens with zero attached hydrogens (tertiary/aromatic N) is 3. The average Bonchev–Trinajstić information content (AvgIpc) is 2.80. The van der Waals surface area contributed by atoms with E-state index in [9.17, 15) is 0 Å². The summed E-state index contributed by atoms with van der Waals surface area (Å²) in [5.41, 5.74) is 2.48. The van der Waals surface area contributed by atoms with Gasteiger partial charge in [-0.05, 0) is 24.5 Å². The smallest absolute Gasteiger partial charge is 0.138 e. The SMILES string of the molecule is CCCCc1ccccc1-n1cncn1. The van der Waals surface area contributed by atoms with Gasteiger partial charge in [0, 0.05) is 0 Å². The van der Waals surface area contributed by atoms with Crippen LogP contribution in [-0.4, -0.2) is 14.8 Å². The molecule has 3 nitrogen and oxygen atoms in total. The second kappa shape index (κ2) is 4.73. The van der Waals surface area contributed by atoms with E-state index in [-0.39, 0.29) is 0 Å². The van der Waals surface area contributed by atoms with E-state index in [4.69, 9.17) is 0 Å². The summed E-state index contributed by atoms with van der Waals surface area (Å²) in [6, 6.07) is 8.35. The van der Waals surface area contributed by atoms with Crippen molar-refractivity contribution in [2.45, 2.75) is 26.2 Å². The van der Waals surface area contributed by atoms with Crippen LogP contribution in [0, 0.1) is 0 Å². The molecular weight excluding hydrogens is 186 g/mol. The van der Waals surface area contributed by atoms with E-state index >= 15 is 0 Å². The van der Waals surface area contributed by atoms with Gasteiger partial charge in [0.1, 0.15) is 12.7 Å². The van der Waals surface area contributed by atoms with Gasteiger partial charge in [-0.15, -0.1) is 0 Å². The van der Waals surface area contributed by atoms with Gasteiger partial charge in [-0.25, -0.2) is 9.67 Å². The van der Waals surface area contributed by atoms with Crippen molar-refractivity contribution in [1.82, 2.24) is 14.8 Å². The molecule has 0 saturated carbocycles. The van der Waals surface area contributed by atoms with E-state index in [0.717, 1.165) is 12.1 Å². The standard InChI is InChI=1S/C12H15N3/c1-2-3-6-11-7-4-5-8-12(11)15-10-13-9-14-15/h4-5,7-10H,2-3,6H2,1H3. The third kappa shape index (κ3) is 2.24. The van der Waals surface area contributed by atoms with Crippen molar-refractivity contribution in [3.63, 3.8) is 0 Å². The lowest BCUT2D eigenvalue weighted by molar-refractivity contribution is 0.777. The third-order valence-corrected chi connectivity index (χ3v) is 2.46. The zero-order chi connectivity index (χ0) is 10.5. The van der Waals surface area contributed by atoms with Gasteiger partial charge < -0.3 is 0 Å². The van der Waals surface area contributed by atoms with E-state index in [2.05, 4.69) is 35.2 Å². The Labute approximate surface area is 89.8 Å². The van der Waals surface area contributed by atoms with Gasteiger partial charge in [0.25, 0.3) is 0 Å². The van der Waals surface area contributed by atoms with Crippen molar-refractivity contribution in [1.29, 1.82) is 0 Å². The molecule has 2 aromatic rings. The highest BCUT2D eigenvalue weighted by Crippen LogP contribution is 2.15. The molecule has 0 aliphatic carbocycles. The molecular formula is C12H15N3. The molecule has 0 saturated heterocycles. The molecule has 0 aliphatic rings. The molecule has 0 amide bonds. The first-order chi connectivity index (χ1) is 7.42. The molecule has 15 heavy (non-hydrogen) atoms. The van der Waals surface area contributed by atoms with Crippen LogP contribution < -0.4 is 0 Å². The number of hydrogen-bond donors (Lipinski definition) is 0. The summed E-state index contributed by atoms with van der Waals surface area (Å²) in [6.45, 7) is 2.21. The third-order valence-electron chi connectivity index (χ3n) is 2.46. The molecule has 0 unspecified atom stereocenters. The molecule has 0 spiro atoms. The monoisotopic (exact) mass is 201 g/mol. The van der Waals surface area contributed by atoms with Gasteiger partial charge >= 0.3 is 0 Å². The Hall–Kier alpha value is -1.64. The summed E-state index contributed by atoms with van der Waals surface area (Å²) >= 11 is 0. The predicted octanol–water partition coefficient (Wildman–Crippen LogP) is 2.61. The quantitative estimate of drug-likeness (QED) is 0.761. The summed E-state index contributed by atoms with van der Waals surface area (Å²) < 4.78 is 1.82. The van der Waals surface area contributed by atoms with Gasteiger partial charge in [-0.1, -0.05) is 31.5 Å². The normalized spacial score (nSPS) is 10.5. The molecule has 0 N–H and O–H groups in total. The van der Waals surface area contributed by atoms with Crippen molar-refractivity contribution < 1.29 is 0 Å². The minimum absolute atomic E-state index is 1.10. The van der Waals surface area contributed by atoms with Crippen LogP contribution in [0.5, 0.6) is 0 Å². The largest absolute Gasteiger partial charge is 0.223 e. The van der Waals surface area contributed by atoms with Crippen LogP contribution in [0.1, 0.15) is 25.3 Å². The minimum Gasteiger partial charge on any atom is -0.223 e. The molecule has 1 aromatic heterocycles. The molecule has 2 rings (SSSR count). The second-order valence-corrected chi connectivity index (χ2v) is 3.57. The van der Waals surface area contributed by atoms with E-state index in [1.54, 1.807) is 12.7 Å². The Bertz CT molecular complexity index is 407. The summed E-state index contributed by atoms with van der Waals surface area (Å²) in [4.78, 5) is 3.97. The molecule has 3 heteroatoms. The molecule has 1 aromatic carbocycles. The lowest BCUT2D eigenvalue weighted by atomic mass is 10.1. The summed E-state index contributed by atoms with van der Waals surface area (Å²) in [6.07, 6.45) is 6.84. The van der Waals surface area contributed by atoms with Crippen LogP contribution >= 0.6 is 0 Å². The number of unbranched alkanes of at least 4 members (excludes halogenated alkanes) is 1. The highest BCUT2D eigenvalue weighted by Gasteiger charge is 2.03. The number of aromatic nitrogens is 3. The zero-order valence-electron chi connectivity index (χ0n) is 8.93. The van der Waals surface area contributed by atoms with Crippen LogP contribution in [0.3, 0.4) is 0 Å². The maximum absolute atomic E-state index is 4.16. The van der Waals surface area contributed by atoms with Gasteiger partial charge in [-0.3, -0.25) is 0 Å². The predicted molar refractivity (Wildman–Crippen MR) is 60.0 cm³/mol. The summed E-state index contributed by atoms with van der Waals surface area (Å²) in [7, 11) is 0. The number of para-hydroxylation sites is 1. The maximum atomic E-state index is 4.16. The maximum Gasteiger partial charge on any atom is 0.138 e. The molecule has 78 valence electrons. The Morgan fingerprint density at radius 2 is 2.13 bits per heavy atom. The van der Waals surface area contributed by atoms with Crippen molar-refractivity contribution in [3.8, 4) is 5.69 Å². The van der Waals surface area contributed by atoms with Gasteiger partial charge in [0.15, 0.2) is 0 Å². The Kier molecular flexibility index (Phi) is 3.12. The van der Waals surface area contributed by atoms with E-state index < -0.39 is 0 Å². The molecule has 0 bridgehead atoms. The summed E-state index contributed by atoms with van der Waals surface area (Å²) in [5, 5.41) is 4.16. The van der Waals surface area contributed by atoms with E-state index in [1.165, 1.54) is 18.4 Å². The van der Waals surface area contributed by atoms with Gasteiger partial charge in [-0.2, -0.15) is 5.10 Å². The van der Waals surface area contributed by atoms with Crippen LogP contribution in [0.2, 0.25) is 0 Å². The zero-order valence-corrected chi connectivity index (χ0v) is 8.93. The first kappa shape index (κ1) is 9.90. The number of aryl methyl sites for hydroxylation is 1. The van der Waals surface area contributed by atoms with Crippen molar-refractivity contribution in [2.75, 3.05) is 0 Å². The number of rotatable bonds is 4. The van der Waals surface area contributed by atoms with E-state index in [0.29, 0.717) is 0 Å². The topological polar surface area (TPSA) is 30.7 Å². The Balaban J connectivity index is 2.30. The second-order valence-electron chi connectivity index (χ2n) is 3.57. The molecule has 0 atom stereocenters. The number of hydrogen-bond acceptors (Lipinski definition) is 2. The van der Waals surface area contributed by atoms with E-state index in [1.807, 2.05) is 10.7 Å². The van der Waals surface area contributed by atoms with Crippen LogP contribution in [-0.2, 0) is 6.42 Å². The van der Waals surface area contributed by atoms with Gasteiger partial charge in [0.05, 0.1) is 5.69 Å². The highest BCUT2D eigenvalue weighted by atomic mass is 15.3. The molecule has 1 heterocycles. The molecule has 0 fully saturated rings. The van der Waals surface area contributed by atoms with Crippen LogP contribution in [0.4, 0.5) is 0 Å². The molecule has 0 radical (unpaired) electrons. The summed E-state index contributed by atoms with van der Waals surface area (Å²) in [5.74, 6) is 0. The average molecular weight is 201 g/mol. The highest BCUT2D eigenvalue weighted by molar-refractivity contribution is 5.39.